The number of hydrogen-bond donors (Lipinski definition) is 1. The van der Waals surface area contributed by atoms with E-state index in [1.807, 2.05) is 18.2 Å². The van der Waals surface area contributed by atoms with Crippen LogP contribution in [0.3, 0.4) is 0 Å². The van der Waals surface area contributed by atoms with Crippen LogP contribution in [0.15, 0.2) is 24.3 Å². The number of nitrogens with two attached hydrogens (primary N) is 1. The number of nitrogen functional groups attached to an aromatic ring is 1. The lowest BCUT2D eigenvalue weighted by Gasteiger charge is -2.05. The molecule has 0 atom stereocenters. The fourth-order valence-electron chi connectivity index (χ4n) is 2.33. The van der Waals surface area contributed by atoms with Gasteiger partial charge in [-0.15, -0.1) is 11.3 Å². The zero-order chi connectivity index (χ0) is 13.6. The average molecular weight is 292 g/mol. The molecule has 0 aliphatic carbocycles. The maximum Gasteiger partial charge on any atom is 0.144 e. The van der Waals surface area contributed by atoms with E-state index in [0.29, 0.717) is 0 Å². The highest BCUT2D eigenvalue weighted by atomic mass is 35.5. The lowest BCUT2D eigenvalue weighted by Crippen LogP contribution is -1.98. The van der Waals surface area contributed by atoms with Crippen LogP contribution in [0, 0.1) is 6.92 Å². The molecule has 0 spiro atoms. The Bertz CT molecular complexity index is 757. The highest BCUT2D eigenvalue weighted by molar-refractivity contribution is 7.16. The van der Waals surface area contributed by atoms with E-state index in [0.717, 1.165) is 39.0 Å². The zero-order valence-corrected chi connectivity index (χ0v) is 12.3. The molecule has 0 bridgehead atoms. The molecule has 3 rings (SSSR count). The predicted octanol–water partition coefficient (Wildman–Crippen LogP) is 4.33. The van der Waals surface area contributed by atoms with Gasteiger partial charge in [-0.3, -0.25) is 0 Å². The van der Waals surface area contributed by atoms with Gasteiger partial charge in [-0.25, -0.2) is 4.98 Å². The van der Waals surface area contributed by atoms with E-state index in [4.69, 9.17) is 22.3 Å². The summed E-state index contributed by atoms with van der Waals surface area (Å²) in [5.74, 6) is 0.918. The molecule has 2 aromatic heterocycles. The van der Waals surface area contributed by atoms with Gasteiger partial charge in [-0.05, 0) is 38.1 Å². The number of fused-ring (bicyclic) bond motifs is 1. The third-order valence-electron chi connectivity index (χ3n) is 3.15. The first-order valence-electron chi connectivity index (χ1n) is 6.12. The summed E-state index contributed by atoms with van der Waals surface area (Å²) in [5.41, 5.74) is 9.10. The van der Waals surface area contributed by atoms with Crippen molar-refractivity contribution in [2.75, 3.05) is 5.73 Å². The third-order valence-corrected chi connectivity index (χ3v) is 4.27. The topological polar surface area (TPSA) is 43.8 Å². The van der Waals surface area contributed by atoms with Crippen molar-refractivity contribution in [3.05, 3.63) is 34.2 Å². The molecule has 0 fully saturated rings. The van der Waals surface area contributed by atoms with E-state index in [1.54, 1.807) is 11.3 Å². The van der Waals surface area contributed by atoms with Crippen molar-refractivity contribution < 1.29 is 0 Å². The number of hydrogen-bond acceptors (Lipinski definition) is 3. The number of rotatable bonds is 2. The number of thiophene rings is 1. The Labute approximate surface area is 120 Å². The molecule has 0 unspecified atom stereocenters. The Morgan fingerprint density at radius 3 is 2.79 bits per heavy atom. The van der Waals surface area contributed by atoms with E-state index in [1.165, 1.54) is 4.88 Å². The van der Waals surface area contributed by atoms with Gasteiger partial charge in [0, 0.05) is 16.4 Å². The van der Waals surface area contributed by atoms with Crippen molar-refractivity contribution in [3.63, 3.8) is 0 Å². The minimum Gasteiger partial charge on any atom is -0.390 e. The summed E-state index contributed by atoms with van der Waals surface area (Å²) in [6.07, 6.45) is 0. The van der Waals surface area contributed by atoms with Crippen LogP contribution in [0.5, 0.6) is 0 Å². The SMILES string of the molecule is CCn1c(-c2cc(C)sc2N)nc2ccc(Cl)cc21. The molecule has 0 saturated carbocycles. The van der Waals surface area contributed by atoms with Crippen molar-refractivity contribution >= 4 is 39.0 Å². The fourth-order valence-corrected chi connectivity index (χ4v) is 3.28. The van der Waals surface area contributed by atoms with Crippen molar-refractivity contribution in [1.29, 1.82) is 0 Å². The predicted molar refractivity (Wildman–Crippen MR) is 82.9 cm³/mol. The molecular formula is C14H14ClN3S. The summed E-state index contributed by atoms with van der Waals surface area (Å²) in [4.78, 5) is 5.89. The van der Waals surface area contributed by atoms with E-state index in [-0.39, 0.29) is 0 Å². The van der Waals surface area contributed by atoms with Gasteiger partial charge in [0.1, 0.15) is 5.82 Å². The van der Waals surface area contributed by atoms with E-state index in [2.05, 4.69) is 24.5 Å². The van der Waals surface area contributed by atoms with E-state index >= 15 is 0 Å². The second kappa shape index (κ2) is 4.54. The van der Waals surface area contributed by atoms with Gasteiger partial charge in [-0.2, -0.15) is 0 Å². The Morgan fingerprint density at radius 2 is 2.16 bits per heavy atom. The van der Waals surface area contributed by atoms with Crippen LogP contribution in [0.1, 0.15) is 11.8 Å². The van der Waals surface area contributed by atoms with Crippen LogP contribution in [0.2, 0.25) is 5.02 Å². The highest BCUT2D eigenvalue weighted by Gasteiger charge is 2.15. The van der Waals surface area contributed by atoms with Crippen molar-refractivity contribution in [2.24, 2.45) is 0 Å². The number of halogens is 1. The summed E-state index contributed by atoms with van der Waals surface area (Å²) in [5, 5.41) is 1.54. The highest BCUT2D eigenvalue weighted by Crippen LogP contribution is 2.35. The first-order valence-corrected chi connectivity index (χ1v) is 7.31. The first-order chi connectivity index (χ1) is 9.10. The zero-order valence-electron chi connectivity index (χ0n) is 10.8. The van der Waals surface area contributed by atoms with Gasteiger partial charge < -0.3 is 10.3 Å². The van der Waals surface area contributed by atoms with Crippen molar-refractivity contribution in [3.8, 4) is 11.4 Å². The minimum absolute atomic E-state index is 0.725. The molecule has 98 valence electrons. The van der Waals surface area contributed by atoms with Gasteiger partial charge >= 0.3 is 0 Å². The maximum absolute atomic E-state index is 6.09. The van der Waals surface area contributed by atoms with Gasteiger partial charge in [-0.1, -0.05) is 11.6 Å². The van der Waals surface area contributed by atoms with Crippen LogP contribution in [0.4, 0.5) is 5.00 Å². The van der Waals surface area contributed by atoms with Crippen molar-refractivity contribution in [2.45, 2.75) is 20.4 Å². The molecule has 3 aromatic rings. The van der Waals surface area contributed by atoms with Crippen LogP contribution in [-0.4, -0.2) is 9.55 Å². The van der Waals surface area contributed by atoms with E-state index < -0.39 is 0 Å². The molecule has 3 nitrogen and oxygen atoms in total. The Balaban J connectivity index is 2.32. The molecule has 0 amide bonds. The standard InChI is InChI=1S/C14H14ClN3S/c1-3-18-12-7-9(15)4-5-11(12)17-14(18)10-6-8(2)19-13(10)16/h4-7H,3,16H2,1-2H3. The third kappa shape index (κ3) is 2.01. The molecule has 0 aliphatic rings. The molecule has 0 radical (unpaired) electrons. The molecule has 2 N–H and O–H groups in total. The Hall–Kier alpha value is -1.52. The largest absolute Gasteiger partial charge is 0.390 e. The fraction of sp³-hybridized carbons (Fsp3) is 0.214. The number of aryl methyl sites for hydroxylation is 2. The maximum atomic E-state index is 6.09. The minimum atomic E-state index is 0.725. The summed E-state index contributed by atoms with van der Waals surface area (Å²) in [6.45, 7) is 4.99. The van der Waals surface area contributed by atoms with Crippen LogP contribution in [0.25, 0.3) is 22.4 Å². The molecule has 2 heterocycles. The monoisotopic (exact) mass is 291 g/mol. The van der Waals surface area contributed by atoms with Gasteiger partial charge in [0.25, 0.3) is 0 Å². The molecule has 19 heavy (non-hydrogen) atoms. The van der Waals surface area contributed by atoms with Crippen LogP contribution in [-0.2, 0) is 6.54 Å². The molecule has 0 saturated heterocycles. The van der Waals surface area contributed by atoms with Crippen LogP contribution >= 0.6 is 22.9 Å². The number of benzene rings is 1. The number of anilines is 1. The molecule has 1 aromatic carbocycles. The number of nitrogens with zero attached hydrogens (tertiary/aromatic N) is 2. The summed E-state index contributed by atoms with van der Waals surface area (Å²) in [6, 6.07) is 7.85. The summed E-state index contributed by atoms with van der Waals surface area (Å²) in [7, 11) is 0. The van der Waals surface area contributed by atoms with E-state index in [9.17, 15) is 0 Å². The first kappa shape index (κ1) is 12.5. The number of imidazole rings is 1. The smallest absolute Gasteiger partial charge is 0.144 e. The van der Waals surface area contributed by atoms with Gasteiger partial charge in [0.15, 0.2) is 0 Å². The Kier molecular flexibility index (Phi) is 2.99. The lowest BCUT2D eigenvalue weighted by molar-refractivity contribution is 0.797. The summed E-state index contributed by atoms with van der Waals surface area (Å²) < 4.78 is 2.15. The normalized spacial score (nSPS) is 11.3. The molecular weight excluding hydrogens is 278 g/mol. The molecule has 5 heteroatoms. The van der Waals surface area contributed by atoms with Gasteiger partial charge in [0.2, 0.25) is 0 Å². The lowest BCUT2D eigenvalue weighted by atomic mass is 10.2. The second-order valence-corrected chi connectivity index (χ2v) is 6.17. The molecule has 0 aliphatic heterocycles. The van der Waals surface area contributed by atoms with Gasteiger partial charge in [0.05, 0.1) is 21.6 Å². The summed E-state index contributed by atoms with van der Waals surface area (Å²) >= 11 is 7.67. The van der Waals surface area contributed by atoms with Crippen molar-refractivity contribution in [1.82, 2.24) is 9.55 Å². The Morgan fingerprint density at radius 1 is 1.37 bits per heavy atom. The second-order valence-electron chi connectivity index (χ2n) is 4.45. The van der Waals surface area contributed by atoms with Crippen LogP contribution < -0.4 is 5.73 Å². The average Bonchev–Trinajstić information content (AvgIpc) is 2.88. The number of aromatic nitrogens is 2. The quantitative estimate of drug-likeness (QED) is 0.764.